The Bertz CT molecular complexity index is 1570. The van der Waals surface area contributed by atoms with Gasteiger partial charge in [0.2, 0.25) is 0 Å². The van der Waals surface area contributed by atoms with Crippen molar-refractivity contribution in [2.45, 2.75) is 39.5 Å². The van der Waals surface area contributed by atoms with E-state index < -0.39 is 0 Å². The topological polar surface area (TPSA) is 78.0 Å². The zero-order chi connectivity index (χ0) is 28.4. The van der Waals surface area contributed by atoms with Gasteiger partial charge in [0.15, 0.2) is 0 Å². The molecule has 2 atom stereocenters. The predicted octanol–water partition coefficient (Wildman–Crippen LogP) is 6.91. The van der Waals surface area contributed by atoms with Gasteiger partial charge in [-0.1, -0.05) is 35.9 Å². The van der Waals surface area contributed by atoms with Crippen molar-refractivity contribution in [3.05, 3.63) is 107 Å². The van der Waals surface area contributed by atoms with E-state index in [1.165, 1.54) is 7.11 Å². The SMILES string of the molecule is COC(=O)c1ccc(-c2ccc(OC)c(-c3ccc(C)cc3CN3C(=O)O[C@H](c4ccncc4)[C@@H]3C)c2)c(C)c1. The molecule has 1 amide bonds. The third-order valence-electron chi connectivity index (χ3n) is 7.48. The molecule has 3 aromatic carbocycles. The Morgan fingerprint density at radius 3 is 2.38 bits per heavy atom. The molecule has 0 spiro atoms. The van der Waals surface area contributed by atoms with Crippen LogP contribution in [-0.2, 0) is 16.0 Å². The van der Waals surface area contributed by atoms with Crippen molar-refractivity contribution in [1.29, 1.82) is 0 Å². The van der Waals surface area contributed by atoms with E-state index in [1.807, 2.05) is 57.2 Å². The molecule has 40 heavy (non-hydrogen) atoms. The molecule has 1 aliphatic heterocycles. The molecule has 1 aromatic heterocycles. The minimum Gasteiger partial charge on any atom is -0.496 e. The molecular formula is C33H32N2O5. The fourth-order valence-electron chi connectivity index (χ4n) is 5.33. The van der Waals surface area contributed by atoms with Crippen LogP contribution in [-0.4, -0.2) is 42.2 Å². The lowest BCUT2D eigenvalue weighted by Crippen LogP contribution is -2.31. The van der Waals surface area contributed by atoms with E-state index in [1.54, 1.807) is 30.5 Å². The van der Waals surface area contributed by atoms with Crippen LogP contribution >= 0.6 is 0 Å². The zero-order valence-corrected chi connectivity index (χ0v) is 23.3. The maximum atomic E-state index is 13.0. The molecule has 7 nitrogen and oxygen atoms in total. The number of aryl methyl sites for hydroxylation is 2. The van der Waals surface area contributed by atoms with Gasteiger partial charge < -0.3 is 14.2 Å². The quantitative estimate of drug-likeness (QED) is 0.239. The van der Waals surface area contributed by atoms with Gasteiger partial charge in [0, 0.05) is 18.0 Å². The second-order valence-corrected chi connectivity index (χ2v) is 10.1. The first kappa shape index (κ1) is 26.9. The molecule has 204 valence electrons. The monoisotopic (exact) mass is 536 g/mol. The zero-order valence-electron chi connectivity index (χ0n) is 23.3. The molecule has 0 bridgehead atoms. The molecule has 0 unspecified atom stereocenters. The van der Waals surface area contributed by atoms with Crippen LogP contribution in [0.1, 0.15) is 45.6 Å². The van der Waals surface area contributed by atoms with E-state index in [2.05, 4.69) is 29.2 Å². The molecule has 1 saturated heterocycles. The van der Waals surface area contributed by atoms with Gasteiger partial charge in [0.05, 0.1) is 32.4 Å². The minimum atomic E-state index is -0.366. The standard InChI is InChI=1S/C33H32N2O5/c1-20-6-9-28(26(16-20)19-35-22(3)31(40-33(35)37)23-12-14-34-15-13-23)29-18-24(8-11-30(29)38-4)27-10-7-25(17-21(27)2)32(36)39-5/h6-18,22,31H,19H2,1-5H3/t22-,31-/m0/s1. The number of nitrogens with zero attached hydrogens (tertiary/aromatic N) is 2. The van der Waals surface area contributed by atoms with Crippen molar-refractivity contribution < 1.29 is 23.8 Å². The highest BCUT2D eigenvalue weighted by molar-refractivity contribution is 5.91. The predicted molar refractivity (Wildman–Crippen MR) is 153 cm³/mol. The summed E-state index contributed by atoms with van der Waals surface area (Å²) in [5.41, 5.74) is 8.35. The maximum Gasteiger partial charge on any atom is 0.411 e. The van der Waals surface area contributed by atoms with Gasteiger partial charge in [0.25, 0.3) is 0 Å². The number of carbonyl (C=O) groups is 2. The van der Waals surface area contributed by atoms with Gasteiger partial charge in [-0.3, -0.25) is 9.88 Å². The Morgan fingerprint density at radius 2 is 1.68 bits per heavy atom. The number of ether oxygens (including phenoxy) is 3. The number of hydrogen-bond donors (Lipinski definition) is 0. The van der Waals surface area contributed by atoms with Crippen molar-refractivity contribution in [2.75, 3.05) is 14.2 Å². The third kappa shape index (κ3) is 5.15. The molecule has 7 heteroatoms. The molecule has 0 aliphatic carbocycles. The summed E-state index contributed by atoms with van der Waals surface area (Å²) in [4.78, 5) is 30.9. The number of amides is 1. The molecule has 4 aromatic rings. The fourth-order valence-corrected chi connectivity index (χ4v) is 5.33. The smallest absolute Gasteiger partial charge is 0.411 e. The number of methoxy groups -OCH3 is 2. The molecule has 1 fully saturated rings. The first-order valence-electron chi connectivity index (χ1n) is 13.1. The van der Waals surface area contributed by atoms with Crippen LogP contribution in [0.4, 0.5) is 4.79 Å². The number of pyridine rings is 1. The highest BCUT2D eigenvalue weighted by Crippen LogP contribution is 2.39. The molecule has 2 heterocycles. The van der Waals surface area contributed by atoms with Crippen molar-refractivity contribution in [3.63, 3.8) is 0 Å². The number of rotatable bonds is 7. The van der Waals surface area contributed by atoms with Crippen LogP contribution in [0.5, 0.6) is 5.75 Å². The lowest BCUT2D eigenvalue weighted by molar-refractivity contribution is 0.0600. The third-order valence-corrected chi connectivity index (χ3v) is 7.48. The number of hydrogen-bond acceptors (Lipinski definition) is 6. The van der Waals surface area contributed by atoms with E-state index >= 15 is 0 Å². The number of cyclic esters (lactones) is 1. The van der Waals surface area contributed by atoms with Crippen LogP contribution in [0.25, 0.3) is 22.3 Å². The highest BCUT2D eigenvalue weighted by Gasteiger charge is 2.39. The second kappa shape index (κ2) is 11.2. The number of esters is 1. The van der Waals surface area contributed by atoms with Crippen LogP contribution in [0.3, 0.4) is 0 Å². The number of aromatic nitrogens is 1. The first-order valence-corrected chi connectivity index (χ1v) is 13.1. The Morgan fingerprint density at radius 1 is 0.925 bits per heavy atom. The Hall–Kier alpha value is -4.65. The summed E-state index contributed by atoms with van der Waals surface area (Å²) in [5, 5.41) is 0. The van der Waals surface area contributed by atoms with Gasteiger partial charge >= 0.3 is 12.1 Å². The Balaban J connectivity index is 1.53. The summed E-state index contributed by atoms with van der Waals surface area (Å²) in [5.74, 6) is 0.361. The second-order valence-electron chi connectivity index (χ2n) is 10.1. The van der Waals surface area contributed by atoms with E-state index in [4.69, 9.17) is 14.2 Å². The Labute approximate surface area is 234 Å². The Kier molecular flexibility index (Phi) is 7.56. The van der Waals surface area contributed by atoms with Crippen LogP contribution in [0.15, 0.2) is 79.1 Å². The van der Waals surface area contributed by atoms with Gasteiger partial charge in [-0.15, -0.1) is 0 Å². The molecule has 0 radical (unpaired) electrons. The van der Waals surface area contributed by atoms with E-state index in [9.17, 15) is 9.59 Å². The summed E-state index contributed by atoms with van der Waals surface area (Å²) in [7, 11) is 3.03. The molecular weight excluding hydrogens is 504 g/mol. The van der Waals surface area contributed by atoms with Gasteiger partial charge in [0.1, 0.15) is 11.9 Å². The van der Waals surface area contributed by atoms with Crippen LogP contribution in [0.2, 0.25) is 0 Å². The lowest BCUT2D eigenvalue weighted by atomic mass is 9.92. The number of benzene rings is 3. The summed E-state index contributed by atoms with van der Waals surface area (Å²) >= 11 is 0. The van der Waals surface area contributed by atoms with Gasteiger partial charge in [-0.2, -0.15) is 0 Å². The van der Waals surface area contributed by atoms with Gasteiger partial charge in [-0.05, 0) is 90.6 Å². The first-order chi connectivity index (χ1) is 19.3. The normalized spacial score (nSPS) is 16.5. The number of carbonyl (C=O) groups excluding carboxylic acids is 2. The van der Waals surface area contributed by atoms with Crippen molar-refractivity contribution in [3.8, 4) is 28.0 Å². The maximum absolute atomic E-state index is 13.0. The van der Waals surface area contributed by atoms with E-state index in [0.29, 0.717) is 12.1 Å². The van der Waals surface area contributed by atoms with Crippen molar-refractivity contribution >= 4 is 12.1 Å². The summed E-state index contributed by atoms with van der Waals surface area (Å²) in [6.45, 7) is 6.41. The molecule has 0 N–H and O–H groups in total. The fraction of sp³-hybridized carbons (Fsp3) is 0.242. The van der Waals surface area contributed by atoms with Gasteiger partial charge in [-0.25, -0.2) is 9.59 Å². The molecule has 5 rings (SSSR count). The summed E-state index contributed by atoms with van der Waals surface area (Å²) in [6.07, 6.45) is 2.71. The van der Waals surface area contributed by atoms with E-state index in [-0.39, 0.29) is 24.2 Å². The molecule has 0 saturated carbocycles. The minimum absolute atomic E-state index is 0.160. The lowest BCUT2D eigenvalue weighted by Gasteiger charge is -2.23. The van der Waals surface area contributed by atoms with Crippen LogP contribution in [0, 0.1) is 13.8 Å². The molecule has 1 aliphatic rings. The van der Waals surface area contributed by atoms with Crippen LogP contribution < -0.4 is 4.74 Å². The van der Waals surface area contributed by atoms with Crippen molar-refractivity contribution in [1.82, 2.24) is 9.88 Å². The largest absolute Gasteiger partial charge is 0.496 e. The highest BCUT2D eigenvalue weighted by atomic mass is 16.6. The van der Waals surface area contributed by atoms with E-state index in [0.717, 1.165) is 50.3 Å². The summed E-state index contributed by atoms with van der Waals surface area (Å²) < 4.78 is 16.5. The average molecular weight is 537 g/mol. The average Bonchev–Trinajstić information content (AvgIpc) is 3.25. The summed E-state index contributed by atoms with van der Waals surface area (Å²) in [6, 6.07) is 21.4. The van der Waals surface area contributed by atoms with Crippen molar-refractivity contribution in [2.24, 2.45) is 0 Å².